The summed E-state index contributed by atoms with van der Waals surface area (Å²) in [6, 6.07) is 0.910. The van der Waals surface area contributed by atoms with Crippen LogP contribution in [0.1, 0.15) is 24.2 Å². The zero-order valence-corrected chi connectivity index (χ0v) is 15.4. The van der Waals surface area contributed by atoms with Crippen LogP contribution in [-0.4, -0.2) is 62.5 Å². The normalized spacial score (nSPS) is 15.4. The van der Waals surface area contributed by atoms with Crippen LogP contribution in [0.4, 0.5) is 19.1 Å². The van der Waals surface area contributed by atoms with Gasteiger partial charge in [-0.3, -0.25) is 4.99 Å². The van der Waals surface area contributed by atoms with Crippen LogP contribution in [0.15, 0.2) is 17.3 Å². The number of allylic oxidation sites excluding steroid dienone is 1. The lowest BCUT2D eigenvalue weighted by Gasteiger charge is -2.31. The Balaban J connectivity index is 2.03. The molecule has 0 saturated carbocycles. The van der Waals surface area contributed by atoms with Gasteiger partial charge in [0.25, 0.3) is 0 Å². The number of likely N-dealkylation sites (N-methyl/N-ethyl adjacent to an activating group) is 1. The van der Waals surface area contributed by atoms with Gasteiger partial charge in [-0.1, -0.05) is 0 Å². The third kappa shape index (κ3) is 6.47. The minimum atomic E-state index is -4.55. The molecule has 1 saturated heterocycles. The Bertz CT molecular complexity index is 654. The van der Waals surface area contributed by atoms with E-state index >= 15 is 0 Å². The standard InChI is InChI=1S/C17H26F3N7/c1-22-6-7-23-4-2-5-24-12-13(11-21)14-10-15(17(18,19)20)26-16(25-14)27-8-3-9-27/h10-12,22-23H,2-9,21H2,1H3. The van der Waals surface area contributed by atoms with E-state index in [2.05, 4.69) is 25.6 Å². The minimum absolute atomic E-state index is 0.0764. The fraction of sp³-hybridized carbons (Fsp3) is 0.588. The second-order valence-electron chi connectivity index (χ2n) is 6.14. The highest BCUT2D eigenvalue weighted by atomic mass is 19.4. The average molecular weight is 385 g/mol. The molecule has 2 heterocycles. The molecule has 150 valence electrons. The van der Waals surface area contributed by atoms with Crippen molar-refractivity contribution in [2.45, 2.75) is 19.0 Å². The molecule has 0 bridgehead atoms. The Morgan fingerprint density at radius 1 is 1.30 bits per heavy atom. The molecule has 0 radical (unpaired) electrons. The number of aliphatic imine (C=N–C) groups is 1. The van der Waals surface area contributed by atoms with Crippen LogP contribution in [0, 0.1) is 0 Å². The second kappa shape index (κ2) is 10.2. The van der Waals surface area contributed by atoms with Gasteiger partial charge in [-0.25, -0.2) is 9.97 Å². The van der Waals surface area contributed by atoms with Crippen molar-refractivity contribution in [1.29, 1.82) is 0 Å². The summed E-state index contributed by atoms with van der Waals surface area (Å²) in [5.74, 6) is 0.0764. The molecule has 0 amide bonds. The highest BCUT2D eigenvalue weighted by Crippen LogP contribution is 2.31. The molecular weight excluding hydrogens is 359 g/mol. The lowest BCUT2D eigenvalue weighted by atomic mass is 10.2. The van der Waals surface area contributed by atoms with Gasteiger partial charge in [0, 0.05) is 50.7 Å². The Hall–Kier alpha value is -2.20. The van der Waals surface area contributed by atoms with Gasteiger partial charge in [-0.2, -0.15) is 13.2 Å². The summed E-state index contributed by atoms with van der Waals surface area (Å²) in [7, 11) is 1.89. The summed E-state index contributed by atoms with van der Waals surface area (Å²) in [5, 5.41) is 6.29. The van der Waals surface area contributed by atoms with E-state index in [0.717, 1.165) is 38.5 Å². The number of nitrogens with two attached hydrogens (primary N) is 1. The largest absolute Gasteiger partial charge is 0.433 e. The minimum Gasteiger partial charge on any atom is -0.404 e. The predicted molar refractivity (Wildman–Crippen MR) is 101 cm³/mol. The summed E-state index contributed by atoms with van der Waals surface area (Å²) in [6.45, 7) is 4.41. The summed E-state index contributed by atoms with van der Waals surface area (Å²) in [6.07, 6.45) is -0.132. The third-order valence-corrected chi connectivity index (χ3v) is 4.04. The predicted octanol–water partition coefficient (Wildman–Crippen LogP) is 1.28. The molecule has 4 N–H and O–H groups in total. The van der Waals surface area contributed by atoms with Crippen molar-refractivity contribution in [3.8, 4) is 0 Å². The van der Waals surface area contributed by atoms with Crippen LogP contribution >= 0.6 is 0 Å². The number of hydrogen-bond acceptors (Lipinski definition) is 7. The fourth-order valence-electron chi connectivity index (χ4n) is 2.38. The maximum Gasteiger partial charge on any atom is 0.433 e. The van der Waals surface area contributed by atoms with E-state index in [1.54, 1.807) is 4.90 Å². The third-order valence-electron chi connectivity index (χ3n) is 4.04. The molecule has 1 aromatic rings. The highest BCUT2D eigenvalue weighted by Gasteiger charge is 2.35. The van der Waals surface area contributed by atoms with E-state index in [1.807, 2.05) is 7.05 Å². The molecule has 1 aliphatic heterocycles. The SMILES string of the molecule is CNCCNCCCN=CC(=CN)c1cc(C(F)(F)F)nc(N2CCC2)n1. The maximum absolute atomic E-state index is 13.2. The molecule has 0 spiro atoms. The maximum atomic E-state index is 13.2. The van der Waals surface area contributed by atoms with E-state index in [-0.39, 0.29) is 11.6 Å². The van der Waals surface area contributed by atoms with Gasteiger partial charge in [-0.15, -0.1) is 0 Å². The molecule has 0 aliphatic carbocycles. The van der Waals surface area contributed by atoms with Crippen LogP contribution in [0.25, 0.3) is 5.57 Å². The monoisotopic (exact) mass is 385 g/mol. The van der Waals surface area contributed by atoms with Crippen molar-refractivity contribution in [3.63, 3.8) is 0 Å². The van der Waals surface area contributed by atoms with Gasteiger partial charge in [0.1, 0.15) is 0 Å². The van der Waals surface area contributed by atoms with Crippen LogP contribution in [-0.2, 0) is 6.18 Å². The Morgan fingerprint density at radius 3 is 2.67 bits per heavy atom. The summed E-state index contributed by atoms with van der Waals surface area (Å²) < 4.78 is 39.5. The summed E-state index contributed by atoms with van der Waals surface area (Å²) in [4.78, 5) is 13.9. The van der Waals surface area contributed by atoms with Gasteiger partial charge in [0.2, 0.25) is 5.95 Å². The summed E-state index contributed by atoms with van der Waals surface area (Å²) in [5.41, 5.74) is 5.09. The Morgan fingerprint density at radius 2 is 2.07 bits per heavy atom. The van der Waals surface area contributed by atoms with Gasteiger partial charge < -0.3 is 21.3 Å². The molecule has 1 aliphatic rings. The first-order valence-corrected chi connectivity index (χ1v) is 8.94. The number of nitrogens with one attached hydrogen (secondary N) is 2. The van der Waals surface area contributed by atoms with Crippen LogP contribution in [0.5, 0.6) is 0 Å². The fourth-order valence-corrected chi connectivity index (χ4v) is 2.38. The molecular formula is C17H26F3N7. The number of nitrogens with zero attached hydrogens (tertiary/aromatic N) is 4. The lowest BCUT2D eigenvalue weighted by Crippen LogP contribution is -2.38. The highest BCUT2D eigenvalue weighted by molar-refractivity contribution is 6.08. The number of anilines is 1. The zero-order chi connectivity index (χ0) is 19.7. The van der Waals surface area contributed by atoms with Gasteiger partial charge in [0.15, 0.2) is 5.69 Å². The summed E-state index contributed by atoms with van der Waals surface area (Å²) >= 11 is 0. The first-order chi connectivity index (χ1) is 13.0. The first kappa shape index (κ1) is 21.1. The number of halogens is 3. The number of rotatable bonds is 10. The van der Waals surface area contributed by atoms with Gasteiger partial charge >= 0.3 is 6.18 Å². The van der Waals surface area contributed by atoms with Crippen LogP contribution in [0.3, 0.4) is 0 Å². The van der Waals surface area contributed by atoms with Crippen LogP contribution in [0.2, 0.25) is 0 Å². The van der Waals surface area contributed by atoms with E-state index in [9.17, 15) is 13.2 Å². The number of alkyl halides is 3. The number of hydrogen-bond donors (Lipinski definition) is 3. The Labute approximate surface area is 157 Å². The van der Waals surface area contributed by atoms with E-state index < -0.39 is 11.9 Å². The number of aromatic nitrogens is 2. The van der Waals surface area contributed by atoms with Crippen molar-refractivity contribution in [1.82, 2.24) is 20.6 Å². The van der Waals surface area contributed by atoms with E-state index in [0.29, 0.717) is 25.2 Å². The van der Waals surface area contributed by atoms with Crippen LogP contribution < -0.4 is 21.3 Å². The molecule has 1 aromatic heterocycles. The van der Waals surface area contributed by atoms with Crippen molar-refractivity contribution in [2.75, 3.05) is 51.2 Å². The van der Waals surface area contributed by atoms with Crippen molar-refractivity contribution in [2.24, 2.45) is 10.7 Å². The first-order valence-electron chi connectivity index (χ1n) is 8.94. The quantitative estimate of drug-likeness (QED) is 0.415. The molecule has 0 unspecified atom stereocenters. The molecule has 7 nitrogen and oxygen atoms in total. The van der Waals surface area contributed by atoms with E-state index in [1.165, 1.54) is 12.4 Å². The lowest BCUT2D eigenvalue weighted by molar-refractivity contribution is -0.141. The zero-order valence-electron chi connectivity index (χ0n) is 15.4. The average Bonchev–Trinajstić information content (AvgIpc) is 2.58. The molecule has 10 heteroatoms. The van der Waals surface area contributed by atoms with Gasteiger partial charge in [0.05, 0.1) is 5.69 Å². The van der Waals surface area contributed by atoms with Crippen molar-refractivity contribution in [3.05, 3.63) is 23.7 Å². The van der Waals surface area contributed by atoms with Gasteiger partial charge in [-0.05, 0) is 32.5 Å². The molecule has 27 heavy (non-hydrogen) atoms. The smallest absolute Gasteiger partial charge is 0.404 e. The molecule has 0 atom stereocenters. The van der Waals surface area contributed by atoms with Crippen molar-refractivity contribution >= 4 is 17.7 Å². The second-order valence-corrected chi connectivity index (χ2v) is 6.14. The molecule has 2 rings (SSSR count). The van der Waals surface area contributed by atoms with E-state index in [4.69, 9.17) is 5.73 Å². The molecule has 1 fully saturated rings. The molecule has 0 aromatic carbocycles. The topological polar surface area (TPSA) is 91.5 Å². The Kier molecular flexibility index (Phi) is 7.99. The van der Waals surface area contributed by atoms with Crippen molar-refractivity contribution < 1.29 is 13.2 Å².